The molecule has 2 aromatic carbocycles. The van der Waals surface area contributed by atoms with Crippen LogP contribution in [0.25, 0.3) is 10.9 Å². The van der Waals surface area contributed by atoms with Crippen molar-refractivity contribution in [2.45, 2.75) is 25.7 Å². The van der Waals surface area contributed by atoms with Crippen molar-refractivity contribution in [3.05, 3.63) is 70.6 Å². The standard InChI is InChI=1S/C25H24ClFN4O3/c26-16-5-7-19-21(9-12-29-22(19)13-16)28-10-3-1-2-4-11-30-23(32)15-31-24(33)18-8-6-17(27)14-20(18)25(31)34/h5-9,12-14H,1-4,10-11,15H2,(H,28,29)(H,30,32). The Labute approximate surface area is 201 Å². The topological polar surface area (TPSA) is 91.4 Å². The van der Waals surface area contributed by atoms with Gasteiger partial charge in [0.05, 0.1) is 16.6 Å². The van der Waals surface area contributed by atoms with Crippen LogP contribution >= 0.6 is 11.6 Å². The van der Waals surface area contributed by atoms with E-state index in [4.69, 9.17) is 11.6 Å². The molecule has 34 heavy (non-hydrogen) atoms. The number of unbranched alkanes of at least 4 members (excludes halogenated alkanes) is 3. The average Bonchev–Trinajstić information content (AvgIpc) is 3.04. The third kappa shape index (κ3) is 5.34. The van der Waals surface area contributed by atoms with Gasteiger partial charge in [0.15, 0.2) is 0 Å². The second kappa shape index (κ2) is 10.6. The number of aromatic nitrogens is 1. The Morgan fingerprint density at radius 3 is 2.53 bits per heavy atom. The van der Waals surface area contributed by atoms with Crippen molar-refractivity contribution in [2.75, 3.05) is 25.0 Å². The largest absolute Gasteiger partial charge is 0.384 e. The maximum atomic E-state index is 13.4. The van der Waals surface area contributed by atoms with E-state index in [2.05, 4.69) is 15.6 Å². The van der Waals surface area contributed by atoms with E-state index in [-0.39, 0.29) is 17.7 Å². The number of benzene rings is 2. The number of carbonyl (C=O) groups excluding carboxylic acids is 3. The van der Waals surface area contributed by atoms with Gasteiger partial charge in [-0.15, -0.1) is 0 Å². The number of halogens is 2. The van der Waals surface area contributed by atoms with Gasteiger partial charge in [-0.3, -0.25) is 24.3 Å². The van der Waals surface area contributed by atoms with E-state index in [1.54, 1.807) is 6.20 Å². The van der Waals surface area contributed by atoms with E-state index in [9.17, 15) is 18.8 Å². The van der Waals surface area contributed by atoms with Crippen molar-refractivity contribution < 1.29 is 18.8 Å². The molecule has 0 saturated carbocycles. The van der Waals surface area contributed by atoms with Gasteiger partial charge in [-0.25, -0.2) is 4.39 Å². The molecule has 1 aliphatic heterocycles. The molecular formula is C25H24ClFN4O3. The molecule has 0 atom stereocenters. The van der Waals surface area contributed by atoms with Crippen molar-refractivity contribution in [3.63, 3.8) is 0 Å². The third-order valence-corrected chi connectivity index (χ3v) is 5.92. The van der Waals surface area contributed by atoms with Crippen molar-refractivity contribution >= 4 is 45.9 Å². The first-order chi connectivity index (χ1) is 16.4. The summed E-state index contributed by atoms with van der Waals surface area (Å²) in [6, 6.07) is 11.0. The molecule has 176 valence electrons. The summed E-state index contributed by atoms with van der Waals surface area (Å²) >= 11 is 6.03. The Kier molecular flexibility index (Phi) is 7.37. The molecule has 3 amide bonds. The van der Waals surface area contributed by atoms with Gasteiger partial charge in [0.2, 0.25) is 5.91 Å². The van der Waals surface area contributed by atoms with Crippen LogP contribution in [-0.4, -0.2) is 47.2 Å². The van der Waals surface area contributed by atoms with Crippen LogP contribution in [-0.2, 0) is 4.79 Å². The summed E-state index contributed by atoms with van der Waals surface area (Å²) in [5.74, 6) is -2.23. The fourth-order valence-corrected chi connectivity index (χ4v) is 4.10. The number of hydrogen-bond donors (Lipinski definition) is 2. The van der Waals surface area contributed by atoms with E-state index in [1.165, 1.54) is 6.07 Å². The quantitative estimate of drug-likeness (QED) is 0.330. The molecule has 2 N–H and O–H groups in total. The van der Waals surface area contributed by atoms with E-state index < -0.39 is 23.5 Å². The summed E-state index contributed by atoms with van der Waals surface area (Å²) in [5, 5.41) is 7.85. The number of carbonyl (C=O) groups is 3. The molecule has 2 heterocycles. The van der Waals surface area contributed by atoms with Crippen LogP contribution in [0.15, 0.2) is 48.7 Å². The molecule has 9 heteroatoms. The number of amides is 3. The summed E-state index contributed by atoms with van der Waals surface area (Å²) in [6.45, 7) is 0.900. The van der Waals surface area contributed by atoms with Gasteiger partial charge < -0.3 is 10.6 Å². The van der Waals surface area contributed by atoms with E-state index in [1.807, 2.05) is 24.3 Å². The minimum atomic E-state index is -0.646. The molecule has 0 fully saturated rings. The van der Waals surface area contributed by atoms with Crippen molar-refractivity contribution in [2.24, 2.45) is 0 Å². The number of rotatable bonds is 10. The normalized spacial score (nSPS) is 12.8. The predicted molar refractivity (Wildman–Crippen MR) is 128 cm³/mol. The zero-order chi connectivity index (χ0) is 24.1. The molecular weight excluding hydrogens is 459 g/mol. The first kappa shape index (κ1) is 23.6. The van der Waals surface area contributed by atoms with Crippen LogP contribution in [0.2, 0.25) is 5.02 Å². The fraction of sp³-hybridized carbons (Fsp3) is 0.280. The highest BCUT2D eigenvalue weighted by atomic mass is 35.5. The molecule has 3 aromatic rings. The van der Waals surface area contributed by atoms with Gasteiger partial charge in [-0.2, -0.15) is 0 Å². The van der Waals surface area contributed by atoms with Gasteiger partial charge in [-0.05, 0) is 55.3 Å². The van der Waals surface area contributed by atoms with Gasteiger partial charge in [0.1, 0.15) is 12.4 Å². The van der Waals surface area contributed by atoms with Gasteiger partial charge >= 0.3 is 0 Å². The summed E-state index contributed by atoms with van der Waals surface area (Å²) in [6.07, 6.45) is 5.43. The second-order valence-electron chi connectivity index (χ2n) is 8.10. The maximum absolute atomic E-state index is 13.4. The monoisotopic (exact) mass is 482 g/mol. The molecule has 1 aliphatic rings. The van der Waals surface area contributed by atoms with Crippen LogP contribution in [0, 0.1) is 5.82 Å². The Morgan fingerprint density at radius 2 is 1.71 bits per heavy atom. The van der Waals surface area contributed by atoms with Crippen molar-refractivity contribution in [3.8, 4) is 0 Å². The van der Waals surface area contributed by atoms with Crippen LogP contribution in [0.5, 0.6) is 0 Å². The molecule has 4 rings (SSSR count). The molecule has 0 spiro atoms. The number of anilines is 1. The summed E-state index contributed by atoms with van der Waals surface area (Å²) in [4.78, 5) is 42.0. The average molecular weight is 483 g/mol. The number of nitrogens with one attached hydrogen (secondary N) is 2. The number of hydrogen-bond acceptors (Lipinski definition) is 5. The molecule has 0 unspecified atom stereocenters. The highest BCUT2D eigenvalue weighted by Crippen LogP contribution is 2.25. The highest BCUT2D eigenvalue weighted by molar-refractivity contribution is 6.31. The first-order valence-corrected chi connectivity index (χ1v) is 11.5. The lowest BCUT2D eigenvalue weighted by Crippen LogP contribution is -2.40. The number of imide groups is 1. The fourth-order valence-electron chi connectivity index (χ4n) is 3.94. The molecule has 0 radical (unpaired) electrons. The summed E-state index contributed by atoms with van der Waals surface area (Å²) < 4.78 is 13.4. The van der Waals surface area contributed by atoms with E-state index >= 15 is 0 Å². The lowest BCUT2D eigenvalue weighted by atomic mass is 10.1. The number of nitrogens with zero attached hydrogens (tertiary/aromatic N) is 2. The van der Waals surface area contributed by atoms with Crippen LogP contribution < -0.4 is 10.6 Å². The van der Waals surface area contributed by atoms with E-state index in [0.29, 0.717) is 11.6 Å². The summed E-state index contributed by atoms with van der Waals surface area (Å²) in [7, 11) is 0. The molecule has 0 aliphatic carbocycles. The number of pyridine rings is 1. The SMILES string of the molecule is O=C(CN1C(=O)c2ccc(F)cc2C1=O)NCCCCCCNc1ccnc2cc(Cl)ccc12. The van der Waals surface area contributed by atoms with Crippen molar-refractivity contribution in [1.82, 2.24) is 15.2 Å². The van der Waals surface area contributed by atoms with Crippen molar-refractivity contribution in [1.29, 1.82) is 0 Å². The predicted octanol–water partition coefficient (Wildman–Crippen LogP) is 4.41. The second-order valence-corrected chi connectivity index (χ2v) is 8.53. The molecule has 0 bridgehead atoms. The van der Waals surface area contributed by atoms with Gasteiger partial charge in [0.25, 0.3) is 11.8 Å². The smallest absolute Gasteiger partial charge is 0.262 e. The highest BCUT2D eigenvalue weighted by Gasteiger charge is 2.36. The van der Waals surface area contributed by atoms with E-state index in [0.717, 1.165) is 65.9 Å². The third-order valence-electron chi connectivity index (χ3n) is 5.68. The zero-order valence-electron chi connectivity index (χ0n) is 18.4. The maximum Gasteiger partial charge on any atom is 0.262 e. The van der Waals surface area contributed by atoms with Crippen LogP contribution in [0.4, 0.5) is 10.1 Å². The lowest BCUT2D eigenvalue weighted by molar-refractivity contribution is -0.121. The van der Waals surface area contributed by atoms with Crippen LogP contribution in [0.3, 0.4) is 0 Å². The Bertz CT molecular complexity index is 1250. The van der Waals surface area contributed by atoms with Crippen LogP contribution in [0.1, 0.15) is 46.4 Å². The Morgan fingerprint density at radius 1 is 0.941 bits per heavy atom. The van der Waals surface area contributed by atoms with Gasteiger partial charge in [-0.1, -0.05) is 24.4 Å². The minimum absolute atomic E-state index is 0.00466. The van der Waals surface area contributed by atoms with Gasteiger partial charge in [0, 0.05) is 35.4 Å². The Balaban J connectivity index is 1.12. The molecule has 0 saturated heterocycles. The minimum Gasteiger partial charge on any atom is -0.384 e. The molecule has 1 aromatic heterocycles. The summed E-state index contributed by atoms with van der Waals surface area (Å²) in [5.41, 5.74) is 1.98. The lowest BCUT2D eigenvalue weighted by Gasteiger charge is -2.13. The zero-order valence-corrected chi connectivity index (χ0v) is 19.2. The first-order valence-electron chi connectivity index (χ1n) is 11.1. The number of fused-ring (bicyclic) bond motifs is 2. The Hall–Kier alpha value is -3.52. The molecule has 7 nitrogen and oxygen atoms in total.